The van der Waals surface area contributed by atoms with Crippen molar-refractivity contribution in [2.75, 3.05) is 15.4 Å². The molecule has 3 rings (SSSR count). The van der Waals surface area contributed by atoms with E-state index in [0.717, 1.165) is 16.8 Å². The van der Waals surface area contributed by atoms with Crippen LogP contribution in [0.1, 0.15) is 11.1 Å². The quantitative estimate of drug-likeness (QED) is 0.378. The fraction of sp³-hybridized carbons (Fsp3) is 0.0952. The van der Waals surface area contributed by atoms with Crippen LogP contribution in [0.2, 0.25) is 10.0 Å². The molecule has 5 nitrogen and oxygen atoms in total. The minimum atomic E-state index is -3.93. The molecule has 0 fully saturated rings. The summed E-state index contributed by atoms with van der Waals surface area (Å²) in [6, 6.07) is 17.1. The number of benzene rings is 3. The summed E-state index contributed by atoms with van der Waals surface area (Å²) < 4.78 is 28.7. The third-order valence-corrected chi connectivity index (χ3v) is 6.66. The van der Waals surface area contributed by atoms with Crippen molar-refractivity contribution in [2.45, 2.75) is 18.7 Å². The number of hydrogen-bond acceptors (Lipinski definition) is 3. The Bertz CT molecular complexity index is 1210. The summed E-state index contributed by atoms with van der Waals surface area (Å²) in [6.45, 7) is 3.67. The summed E-state index contributed by atoms with van der Waals surface area (Å²) in [7, 11) is -3.93. The molecule has 3 N–H and O–H groups in total. The predicted molar refractivity (Wildman–Crippen MR) is 129 cm³/mol. The van der Waals surface area contributed by atoms with Crippen molar-refractivity contribution in [3.8, 4) is 0 Å². The Morgan fingerprint density at radius 1 is 0.833 bits per heavy atom. The molecule has 0 radical (unpaired) electrons. The number of para-hydroxylation sites is 1. The fourth-order valence-corrected chi connectivity index (χ4v) is 4.68. The SMILES string of the molecule is Cc1ccc(NC(=S)Nc2cccc(Cl)c2C)c(S(=O)(=O)Nc2ccccc2Cl)c1. The minimum Gasteiger partial charge on any atom is -0.332 e. The standard InChI is InChI=1S/C21H19Cl2N3O2S2/c1-13-10-11-19(25-21(29)24-17-9-5-7-15(22)14(17)2)20(12-13)30(27,28)26-18-8-4-3-6-16(18)23/h3-12,26H,1-2H3,(H2,24,25,29). The van der Waals surface area contributed by atoms with Crippen molar-refractivity contribution < 1.29 is 8.42 Å². The van der Waals surface area contributed by atoms with Crippen molar-refractivity contribution in [1.82, 2.24) is 0 Å². The molecule has 0 aliphatic carbocycles. The maximum absolute atomic E-state index is 13.1. The van der Waals surface area contributed by atoms with E-state index in [0.29, 0.717) is 21.4 Å². The van der Waals surface area contributed by atoms with Crippen LogP contribution in [0.25, 0.3) is 0 Å². The number of halogens is 2. The van der Waals surface area contributed by atoms with E-state index in [-0.39, 0.29) is 10.0 Å². The van der Waals surface area contributed by atoms with Gasteiger partial charge in [0, 0.05) is 10.7 Å². The number of rotatable bonds is 5. The molecule has 0 aliphatic rings. The number of sulfonamides is 1. The van der Waals surface area contributed by atoms with Gasteiger partial charge in [0.2, 0.25) is 0 Å². The third kappa shape index (κ3) is 5.23. The molecule has 0 aliphatic heterocycles. The lowest BCUT2D eigenvalue weighted by molar-refractivity contribution is 0.601. The smallest absolute Gasteiger partial charge is 0.264 e. The highest BCUT2D eigenvalue weighted by molar-refractivity contribution is 7.93. The summed E-state index contributed by atoms with van der Waals surface area (Å²) in [5.74, 6) is 0. The molecule has 0 bridgehead atoms. The lowest BCUT2D eigenvalue weighted by Gasteiger charge is -2.17. The zero-order valence-electron chi connectivity index (χ0n) is 16.2. The highest BCUT2D eigenvalue weighted by Crippen LogP contribution is 2.29. The van der Waals surface area contributed by atoms with Gasteiger partial charge in [0.25, 0.3) is 10.0 Å². The third-order valence-electron chi connectivity index (χ3n) is 4.31. The summed E-state index contributed by atoms with van der Waals surface area (Å²) in [5.41, 5.74) is 2.97. The molecular weight excluding hydrogens is 461 g/mol. The van der Waals surface area contributed by atoms with Crippen LogP contribution in [-0.4, -0.2) is 13.5 Å². The van der Waals surface area contributed by atoms with Gasteiger partial charge in [-0.25, -0.2) is 8.42 Å². The summed E-state index contributed by atoms with van der Waals surface area (Å²) in [4.78, 5) is 0.0504. The topological polar surface area (TPSA) is 70.2 Å². The van der Waals surface area contributed by atoms with Crippen molar-refractivity contribution in [3.05, 3.63) is 81.8 Å². The maximum Gasteiger partial charge on any atom is 0.264 e. The summed E-state index contributed by atoms with van der Waals surface area (Å²) in [6.07, 6.45) is 0. The Labute approximate surface area is 191 Å². The van der Waals surface area contributed by atoms with Gasteiger partial charge >= 0.3 is 0 Å². The van der Waals surface area contributed by atoms with Crippen LogP contribution in [0.15, 0.2) is 65.6 Å². The molecule has 0 amide bonds. The Balaban J connectivity index is 1.89. The van der Waals surface area contributed by atoms with Gasteiger partial charge in [-0.15, -0.1) is 0 Å². The fourth-order valence-electron chi connectivity index (χ4n) is 2.72. The number of thiocarbonyl (C=S) groups is 1. The zero-order chi connectivity index (χ0) is 21.9. The highest BCUT2D eigenvalue weighted by atomic mass is 35.5. The van der Waals surface area contributed by atoms with E-state index < -0.39 is 10.0 Å². The molecule has 3 aromatic carbocycles. The first-order valence-corrected chi connectivity index (χ1v) is 11.5. The zero-order valence-corrected chi connectivity index (χ0v) is 19.3. The lowest BCUT2D eigenvalue weighted by atomic mass is 10.2. The second-order valence-electron chi connectivity index (χ2n) is 6.58. The van der Waals surface area contributed by atoms with E-state index in [2.05, 4.69) is 15.4 Å². The van der Waals surface area contributed by atoms with Crippen molar-refractivity contribution in [2.24, 2.45) is 0 Å². The van der Waals surface area contributed by atoms with Gasteiger partial charge in [-0.1, -0.05) is 47.5 Å². The molecule has 0 aromatic heterocycles. The Kier molecular flexibility index (Phi) is 6.88. The molecule has 0 saturated carbocycles. The molecule has 0 atom stereocenters. The molecule has 0 spiro atoms. The molecular formula is C21H19Cl2N3O2S2. The van der Waals surface area contributed by atoms with Gasteiger partial charge < -0.3 is 10.6 Å². The van der Waals surface area contributed by atoms with Crippen LogP contribution in [-0.2, 0) is 10.0 Å². The second-order valence-corrected chi connectivity index (χ2v) is 9.45. The van der Waals surface area contributed by atoms with Crippen LogP contribution < -0.4 is 15.4 Å². The summed E-state index contributed by atoms with van der Waals surface area (Å²) in [5, 5.41) is 7.16. The first-order chi connectivity index (χ1) is 14.2. The van der Waals surface area contributed by atoms with E-state index in [1.54, 1.807) is 54.6 Å². The molecule has 0 unspecified atom stereocenters. The van der Waals surface area contributed by atoms with Gasteiger partial charge in [0.15, 0.2) is 5.11 Å². The van der Waals surface area contributed by atoms with Crippen LogP contribution in [0, 0.1) is 13.8 Å². The normalized spacial score (nSPS) is 11.1. The predicted octanol–water partition coefficient (Wildman–Crippen LogP) is 6.22. The van der Waals surface area contributed by atoms with Gasteiger partial charge in [-0.05, 0) is 73.6 Å². The van der Waals surface area contributed by atoms with Gasteiger partial charge in [-0.2, -0.15) is 0 Å². The first-order valence-electron chi connectivity index (χ1n) is 8.88. The van der Waals surface area contributed by atoms with E-state index >= 15 is 0 Å². The van der Waals surface area contributed by atoms with Gasteiger partial charge in [0.1, 0.15) is 4.90 Å². The number of nitrogens with one attached hydrogen (secondary N) is 3. The average molecular weight is 480 g/mol. The van der Waals surface area contributed by atoms with Crippen LogP contribution >= 0.6 is 35.4 Å². The Hall–Kier alpha value is -2.32. The molecule has 3 aromatic rings. The van der Waals surface area contributed by atoms with E-state index in [1.165, 1.54) is 0 Å². The molecule has 0 heterocycles. The molecule has 0 saturated heterocycles. The monoisotopic (exact) mass is 479 g/mol. The van der Waals surface area contributed by atoms with Gasteiger partial charge in [0.05, 0.1) is 16.4 Å². The molecule has 30 heavy (non-hydrogen) atoms. The van der Waals surface area contributed by atoms with Crippen molar-refractivity contribution >= 4 is 67.6 Å². The van der Waals surface area contributed by atoms with Crippen molar-refractivity contribution in [3.63, 3.8) is 0 Å². The number of aryl methyl sites for hydroxylation is 1. The first kappa shape index (κ1) is 22.4. The minimum absolute atomic E-state index is 0.0504. The molecule has 9 heteroatoms. The van der Waals surface area contributed by atoms with Crippen LogP contribution in [0.5, 0.6) is 0 Å². The lowest BCUT2D eigenvalue weighted by Crippen LogP contribution is -2.22. The summed E-state index contributed by atoms with van der Waals surface area (Å²) >= 11 is 17.6. The average Bonchev–Trinajstić information content (AvgIpc) is 2.68. The van der Waals surface area contributed by atoms with E-state index in [9.17, 15) is 8.42 Å². The highest BCUT2D eigenvalue weighted by Gasteiger charge is 2.21. The van der Waals surface area contributed by atoms with Crippen LogP contribution in [0.4, 0.5) is 17.1 Å². The number of anilines is 3. The van der Waals surface area contributed by atoms with Crippen molar-refractivity contribution in [1.29, 1.82) is 0 Å². The van der Waals surface area contributed by atoms with E-state index in [4.69, 9.17) is 35.4 Å². The Morgan fingerprint density at radius 3 is 2.20 bits per heavy atom. The maximum atomic E-state index is 13.1. The van der Waals surface area contributed by atoms with Crippen LogP contribution in [0.3, 0.4) is 0 Å². The Morgan fingerprint density at radius 2 is 1.47 bits per heavy atom. The molecule has 156 valence electrons. The largest absolute Gasteiger partial charge is 0.332 e. The van der Waals surface area contributed by atoms with E-state index in [1.807, 2.05) is 19.9 Å². The van der Waals surface area contributed by atoms with Gasteiger partial charge in [-0.3, -0.25) is 4.72 Å². The second kappa shape index (κ2) is 9.22. The number of hydrogen-bond donors (Lipinski definition) is 3.